The number of carboxylic acid groups (broad SMARTS) is 1. The fraction of sp³-hybridized carbons (Fsp3) is 0.800. The van der Waals surface area contributed by atoms with Crippen LogP contribution < -0.4 is 0 Å². The average Bonchev–Trinajstić information content (AvgIpc) is 1.82. The van der Waals surface area contributed by atoms with Gasteiger partial charge in [0.05, 0.1) is 0 Å². The standard InChI is InChI=1S/C5H10O3S.2Ni/c1-9-3-2-4(6)5(7)8;;/h4,6H,2-3H2,1H3,(H,7,8);;/q;2*+2. The molecule has 3 nitrogen and oxygen atoms in total. The van der Waals surface area contributed by atoms with Gasteiger partial charge in [-0.05, 0) is 18.4 Å². The van der Waals surface area contributed by atoms with Gasteiger partial charge in [0.15, 0.2) is 6.10 Å². The summed E-state index contributed by atoms with van der Waals surface area (Å²) in [5.74, 6) is -0.447. The number of hydrogen-bond acceptors (Lipinski definition) is 3. The zero-order valence-electron chi connectivity index (χ0n) is 5.83. The molecular weight excluding hydrogens is 258 g/mol. The van der Waals surface area contributed by atoms with Crippen LogP contribution in [-0.4, -0.2) is 34.3 Å². The van der Waals surface area contributed by atoms with Gasteiger partial charge in [0, 0.05) is 0 Å². The quantitative estimate of drug-likeness (QED) is 0.714. The molecule has 0 aromatic carbocycles. The molecule has 0 aromatic heterocycles. The van der Waals surface area contributed by atoms with Crippen LogP contribution in [0.4, 0.5) is 0 Å². The van der Waals surface area contributed by atoms with Crippen molar-refractivity contribution in [2.45, 2.75) is 12.5 Å². The predicted molar refractivity (Wildman–Crippen MR) is 36.6 cm³/mol. The van der Waals surface area contributed by atoms with Crippen molar-refractivity contribution in [3.63, 3.8) is 0 Å². The van der Waals surface area contributed by atoms with Crippen LogP contribution in [0.1, 0.15) is 6.42 Å². The van der Waals surface area contributed by atoms with Crippen LogP contribution >= 0.6 is 11.8 Å². The summed E-state index contributed by atoms with van der Waals surface area (Å²) in [5.41, 5.74) is 0. The Kier molecular flexibility index (Phi) is 17.4. The van der Waals surface area contributed by atoms with Crippen molar-refractivity contribution >= 4 is 17.7 Å². The molecule has 70 valence electrons. The SMILES string of the molecule is CSCCC(O)C(=O)O.[Ni+2].[Ni+2]. The number of aliphatic carboxylic acids is 1. The summed E-state index contributed by atoms with van der Waals surface area (Å²) in [6, 6.07) is 0. The van der Waals surface area contributed by atoms with E-state index in [0.717, 1.165) is 0 Å². The minimum absolute atomic E-state index is 0. The predicted octanol–water partition coefficient (Wildman–Crippen LogP) is 0.180. The Balaban J connectivity index is -0.000000320. The summed E-state index contributed by atoms with van der Waals surface area (Å²) >= 11 is 1.52. The molecule has 1 unspecified atom stereocenters. The van der Waals surface area contributed by atoms with Crippen LogP contribution in [0.15, 0.2) is 0 Å². The Morgan fingerprint density at radius 1 is 1.55 bits per heavy atom. The van der Waals surface area contributed by atoms with Crippen LogP contribution in [-0.2, 0) is 37.8 Å². The maximum atomic E-state index is 9.95. The van der Waals surface area contributed by atoms with E-state index in [9.17, 15) is 4.79 Å². The third-order valence-corrected chi connectivity index (χ3v) is 1.52. The monoisotopic (exact) mass is 266 g/mol. The number of carbonyl (C=O) groups is 1. The molecule has 0 aliphatic carbocycles. The van der Waals surface area contributed by atoms with E-state index in [1.807, 2.05) is 6.26 Å². The molecule has 0 fully saturated rings. The first-order valence-corrected chi connectivity index (χ1v) is 3.97. The van der Waals surface area contributed by atoms with Crippen LogP contribution in [0.25, 0.3) is 0 Å². The second kappa shape index (κ2) is 10.8. The van der Waals surface area contributed by atoms with Gasteiger partial charge in [0.2, 0.25) is 0 Å². The average molecular weight is 268 g/mol. The summed E-state index contributed by atoms with van der Waals surface area (Å²) in [6.07, 6.45) is 1.02. The van der Waals surface area contributed by atoms with Crippen molar-refractivity contribution in [2.24, 2.45) is 0 Å². The smallest absolute Gasteiger partial charge is 0.479 e. The van der Waals surface area contributed by atoms with E-state index in [2.05, 4.69) is 0 Å². The van der Waals surface area contributed by atoms with Gasteiger partial charge in [-0.3, -0.25) is 0 Å². The topological polar surface area (TPSA) is 57.5 Å². The molecular formula is C5H10Ni2O3S+4. The molecule has 0 aromatic rings. The van der Waals surface area contributed by atoms with E-state index in [1.54, 1.807) is 0 Å². The van der Waals surface area contributed by atoms with E-state index < -0.39 is 12.1 Å². The van der Waals surface area contributed by atoms with Crippen LogP contribution in [0, 0.1) is 0 Å². The van der Waals surface area contributed by atoms with Crippen LogP contribution in [0.5, 0.6) is 0 Å². The van der Waals surface area contributed by atoms with Gasteiger partial charge < -0.3 is 10.2 Å². The molecule has 11 heavy (non-hydrogen) atoms. The Hall–Kier alpha value is 0.767. The van der Waals surface area contributed by atoms with E-state index in [-0.39, 0.29) is 33.0 Å². The molecule has 0 saturated heterocycles. The van der Waals surface area contributed by atoms with Crippen molar-refractivity contribution < 1.29 is 48.0 Å². The largest absolute Gasteiger partial charge is 2.00 e. The van der Waals surface area contributed by atoms with Gasteiger partial charge in [-0.25, -0.2) is 4.79 Å². The maximum absolute atomic E-state index is 9.95. The molecule has 2 N–H and O–H groups in total. The molecule has 1 atom stereocenters. The van der Waals surface area contributed by atoms with E-state index >= 15 is 0 Å². The maximum Gasteiger partial charge on any atom is 2.00 e. The Bertz CT molecular complexity index is 102. The molecule has 0 rings (SSSR count). The third-order valence-electron chi connectivity index (χ3n) is 0.880. The minimum atomic E-state index is -1.18. The van der Waals surface area contributed by atoms with Gasteiger partial charge in [-0.2, -0.15) is 11.8 Å². The van der Waals surface area contributed by atoms with Gasteiger partial charge in [0.1, 0.15) is 0 Å². The number of rotatable bonds is 4. The first-order chi connectivity index (χ1) is 4.18. The van der Waals surface area contributed by atoms with E-state index in [0.29, 0.717) is 12.2 Å². The molecule has 6 heteroatoms. The Morgan fingerprint density at radius 3 is 2.27 bits per heavy atom. The van der Waals surface area contributed by atoms with Gasteiger partial charge >= 0.3 is 39.0 Å². The second-order valence-electron chi connectivity index (χ2n) is 1.64. The normalized spacial score (nSPS) is 10.7. The van der Waals surface area contributed by atoms with Crippen molar-refractivity contribution in [2.75, 3.05) is 12.0 Å². The van der Waals surface area contributed by atoms with Crippen molar-refractivity contribution in [1.82, 2.24) is 0 Å². The zero-order chi connectivity index (χ0) is 7.28. The number of aliphatic hydroxyl groups is 1. The van der Waals surface area contributed by atoms with Gasteiger partial charge in [-0.1, -0.05) is 0 Å². The third kappa shape index (κ3) is 10.8. The summed E-state index contributed by atoms with van der Waals surface area (Å²) in [5, 5.41) is 16.8. The summed E-state index contributed by atoms with van der Waals surface area (Å²) in [6.45, 7) is 0. The molecule has 0 heterocycles. The van der Waals surface area contributed by atoms with E-state index in [4.69, 9.17) is 10.2 Å². The van der Waals surface area contributed by atoms with Crippen molar-refractivity contribution in [3.8, 4) is 0 Å². The minimum Gasteiger partial charge on any atom is -0.479 e. The molecule has 0 saturated carbocycles. The summed E-state index contributed by atoms with van der Waals surface area (Å²) in [7, 11) is 0. The number of hydrogen-bond donors (Lipinski definition) is 2. The Morgan fingerprint density at radius 2 is 2.00 bits per heavy atom. The summed E-state index contributed by atoms with van der Waals surface area (Å²) < 4.78 is 0. The number of thioether (sulfide) groups is 1. The van der Waals surface area contributed by atoms with Crippen molar-refractivity contribution in [1.29, 1.82) is 0 Å². The molecule has 0 amide bonds. The Labute approximate surface area is 90.2 Å². The summed E-state index contributed by atoms with van der Waals surface area (Å²) in [4.78, 5) is 9.95. The van der Waals surface area contributed by atoms with E-state index in [1.165, 1.54) is 11.8 Å². The fourth-order valence-electron chi connectivity index (χ4n) is 0.353. The van der Waals surface area contributed by atoms with Gasteiger partial charge in [-0.15, -0.1) is 0 Å². The molecule has 0 radical (unpaired) electrons. The van der Waals surface area contributed by atoms with Gasteiger partial charge in [0.25, 0.3) is 0 Å². The molecule has 0 aliphatic heterocycles. The van der Waals surface area contributed by atoms with Crippen LogP contribution in [0.3, 0.4) is 0 Å². The second-order valence-corrected chi connectivity index (χ2v) is 2.62. The van der Waals surface area contributed by atoms with Crippen LogP contribution in [0.2, 0.25) is 0 Å². The fourth-order valence-corrected chi connectivity index (χ4v) is 0.812. The zero-order valence-corrected chi connectivity index (χ0v) is 8.63. The molecule has 0 bridgehead atoms. The number of carboxylic acids is 1. The first-order valence-electron chi connectivity index (χ1n) is 2.58. The molecule has 0 aliphatic rings. The number of aliphatic hydroxyl groups excluding tert-OH is 1. The first kappa shape index (κ1) is 17.7. The van der Waals surface area contributed by atoms with Crippen molar-refractivity contribution in [3.05, 3.63) is 0 Å². The molecule has 0 spiro atoms.